The van der Waals surface area contributed by atoms with Crippen LogP contribution >= 0.6 is 11.3 Å². The Hall–Kier alpha value is -2.45. The van der Waals surface area contributed by atoms with Gasteiger partial charge in [-0.25, -0.2) is 4.98 Å². The zero-order valence-corrected chi connectivity index (χ0v) is 18.7. The van der Waals surface area contributed by atoms with E-state index in [9.17, 15) is 4.79 Å². The van der Waals surface area contributed by atoms with E-state index in [4.69, 9.17) is 4.74 Å². The molecule has 1 amide bonds. The average Bonchev–Trinajstić information content (AvgIpc) is 3.17. The van der Waals surface area contributed by atoms with Crippen LogP contribution in [0, 0.1) is 6.92 Å². The molecule has 0 aliphatic rings. The first-order valence-corrected chi connectivity index (χ1v) is 10.6. The summed E-state index contributed by atoms with van der Waals surface area (Å²) in [4.78, 5) is 23.5. The molecule has 0 bridgehead atoms. The molecule has 0 aliphatic carbocycles. The first-order chi connectivity index (χ1) is 13.9. The van der Waals surface area contributed by atoms with Gasteiger partial charge in [0, 0.05) is 38.2 Å². The molecular formula is C21H31N5O2S. The maximum atomic E-state index is 12.2. The molecular weight excluding hydrogens is 386 g/mol. The van der Waals surface area contributed by atoms with Gasteiger partial charge in [0.25, 0.3) is 5.91 Å². The topological polar surface area (TPSA) is 78.9 Å². The van der Waals surface area contributed by atoms with Crippen molar-refractivity contribution in [3.63, 3.8) is 0 Å². The Morgan fingerprint density at radius 2 is 2.17 bits per heavy atom. The quantitative estimate of drug-likeness (QED) is 0.373. The number of guanidine groups is 1. The van der Waals surface area contributed by atoms with Gasteiger partial charge in [-0.1, -0.05) is 17.7 Å². The lowest BCUT2D eigenvalue weighted by Crippen LogP contribution is -2.39. The first-order valence-electron chi connectivity index (χ1n) is 9.76. The van der Waals surface area contributed by atoms with E-state index in [1.54, 1.807) is 18.4 Å². The Morgan fingerprint density at radius 3 is 2.86 bits per heavy atom. The molecule has 7 nitrogen and oxygen atoms in total. The number of benzene rings is 1. The third kappa shape index (κ3) is 7.14. The Morgan fingerprint density at radius 1 is 1.38 bits per heavy atom. The third-order valence-electron chi connectivity index (χ3n) is 4.31. The highest BCUT2D eigenvalue weighted by Gasteiger charge is 2.12. The first kappa shape index (κ1) is 22.8. The van der Waals surface area contributed by atoms with Crippen LogP contribution in [0.2, 0.25) is 0 Å². The molecule has 1 unspecified atom stereocenters. The summed E-state index contributed by atoms with van der Waals surface area (Å²) < 4.78 is 5.33. The fraction of sp³-hybridized carbons (Fsp3) is 0.476. The second-order valence-electron chi connectivity index (χ2n) is 6.77. The van der Waals surface area contributed by atoms with Gasteiger partial charge in [0.2, 0.25) is 0 Å². The molecule has 0 fully saturated rings. The molecule has 8 heteroatoms. The van der Waals surface area contributed by atoms with Crippen molar-refractivity contribution >= 4 is 23.2 Å². The summed E-state index contributed by atoms with van der Waals surface area (Å²) in [6.07, 6.45) is -0.00188. The van der Waals surface area contributed by atoms with Crippen molar-refractivity contribution in [2.45, 2.75) is 33.4 Å². The molecule has 2 aromatic rings. The summed E-state index contributed by atoms with van der Waals surface area (Å²) in [5.41, 5.74) is 2.72. The highest BCUT2D eigenvalue weighted by atomic mass is 32.1. The minimum absolute atomic E-state index is 0.00188. The van der Waals surface area contributed by atoms with Gasteiger partial charge in [-0.2, -0.15) is 0 Å². The van der Waals surface area contributed by atoms with Crippen molar-refractivity contribution in [1.82, 2.24) is 20.5 Å². The molecule has 0 aliphatic heterocycles. The van der Waals surface area contributed by atoms with Gasteiger partial charge in [0.1, 0.15) is 11.1 Å². The number of aromatic nitrogens is 1. The fourth-order valence-electron chi connectivity index (χ4n) is 2.69. The highest BCUT2D eigenvalue weighted by molar-refractivity contribution is 7.09. The maximum absolute atomic E-state index is 12.2. The predicted octanol–water partition coefficient (Wildman–Crippen LogP) is 2.99. The second-order valence-corrected chi connectivity index (χ2v) is 7.66. The number of hydrogen-bond acceptors (Lipinski definition) is 5. The molecule has 0 radical (unpaired) electrons. The van der Waals surface area contributed by atoms with E-state index in [0.717, 1.165) is 28.8 Å². The van der Waals surface area contributed by atoms with E-state index >= 15 is 0 Å². The van der Waals surface area contributed by atoms with Crippen LogP contribution < -0.4 is 10.6 Å². The lowest BCUT2D eigenvalue weighted by atomic mass is 10.1. The van der Waals surface area contributed by atoms with Crippen LogP contribution in [0.5, 0.6) is 0 Å². The SMILES string of the molecule is CCNC(=NCCNC(=O)c1cccc(C)c1)N(C)Cc1csc(C(C)OC)n1. The lowest BCUT2D eigenvalue weighted by molar-refractivity contribution is 0.0954. The normalized spacial score (nSPS) is 12.5. The average molecular weight is 418 g/mol. The van der Waals surface area contributed by atoms with Crippen LogP contribution in [0.3, 0.4) is 0 Å². The number of hydrogen-bond donors (Lipinski definition) is 2. The van der Waals surface area contributed by atoms with E-state index < -0.39 is 0 Å². The summed E-state index contributed by atoms with van der Waals surface area (Å²) in [5, 5.41) is 9.22. The molecule has 1 heterocycles. The largest absolute Gasteiger partial charge is 0.375 e. The van der Waals surface area contributed by atoms with Gasteiger partial charge >= 0.3 is 0 Å². The molecule has 29 heavy (non-hydrogen) atoms. The molecule has 2 N–H and O–H groups in total. The maximum Gasteiger partial charge on any atom is 0.251 e. The number of carbonyl (C=O) groups excluding carboxylic acids is 1. The zero-order chi connectivity index (χ0) is 21.2. The van der Waals surface area contributed by atoms with E-state index in [1.165, 1.54) is 0 Å². The smallest absolute Gasteiger partial charge is 0.251 e. The summed E-state index contributed by atoms with van der Waals surface area (Å²) in [6, 6.07) is 7.55. The Balaban J connectivity index is 1.89. The number of aliphatic imine (C=N–C) groups is 1. The van der Waals surface area contributed by atoms with Crippen molar-refractivity contribution in [3.8, 4) is 0 Å². The molecule has 158 valence electrons. The number of amides is 1. The fourth-order valence-corrected chi connectivity index (χ4v) is 3.53. The Kier molecular flexibility index (Phi) is 9.08. The Labute approximate surface area is 177 Å². The standard InChI is InChI=1S/C21H31N5O2S/c1-6-22-21(26(4)13-18-14-29-20(25-18)16(3)28-5)24-11-10-23-19(27)17-9-7-8-15(2)12-17/h7-9,12,14,16H,6,10-11,13H2,1-5H3,(H,22,24)(H,23,27). The Bertz CT molecular complexity index is 821. The lowest BCUT2D eigenvalue weighted by Gasteiger charge is -2.21. The van der Waals surface area contributed by atoms with Crippen molar-refractivity contribution in [3.05, 3.63) is 51.5 Å². The van der Waals surface area contributed by atoms with Gasteiger partial charge in [-0.15, -0.1) is 11.3 Å². The predicted molar refractivity (Wildman–Crippen MR) is 118 cm³/mol. The minimum Gasteiger partial charge on any atom is -0.375 e. The van der Waals surface area contributed by atoms with E-state index in [-0.39, 0.29) is 12.0 Å². The number of ether oxygens (including phenoxy) is 1. The van der Waals surface area contributed by atoms with Crippen molar-refractivity contribution in [2.24, 2.45) is 4.99 Å². The molecule has 1 aromatic carbocycles. The minimum atomic E-state index is -0.0791. The van der Waals surface area contributed by atoms with Crippen molar-refractivity contribution in [2.75, 3.05) is 33.8 Å². The van der Waals surface area contributed by atoms with Crippen molar-refractivity contribution < 1.29 is 9.53 Å². The second kappa shape index (κ2) is 11.5. The van der Waals surface area contributed by atoms with E-state index in [2.05, 4.69) is 20.6 Å². The molecule has 1 aromatic heterocycles. The van der Waals surface area contributed by atoms with Gasteiger partial charge in [0.15, 0.2) is 5.96 Å². The number of methoxy groups -OCH3 is 1. The summed E-state index contributed by atoms with van der Waals surface area (Å²) >= 11 is 1.60. The molecule has 0 saturated heterocycles. The monoisotopic (exact) mass is 417 g/mol. The third-order valence-corrected chi connectivity index (χ3v) is 5.36. The number of thiazole rings is 1. The number of aryl methyl sites for hydroxylation is 1. The van der Waals surface area contributed by atoms with Crippen LogP contribution in [0.1, 0.15) is 46.6 Å². The molecule has 0 saturated carbocycles. The van der Waals surface area contributed by atoms with Crippen LogP contribution in [0.4, 0.5) is 0 Å². The van der Waals surface area contributed by atoms with E-state index in [0.29, 0.717) is 25.2 Å². The van der Waals surface area contributed by atoms with Gasteiger partial charge in [0.05, 0.1) is 18.8 Å². The molecule has 1 atom stereocenters. The molecule has 0 spiro atoms. The van der Waals surface area contributed by atoms with Gasteiger partial charge in [-0.3, -0.25) is 9.79 Å². The highest BCUT2D eigenvalue weighted by Crippen LogP contribution is 2.20. The van der Waals surface area contributed by atoms with Crippen LogP contribution in [-0.2, 0) is 11.3 Å². The van der Waals surface area contributed by atoms with E-state index in [1.807, 2.05) is 62.4 Å². The number of nitrogens with zero attached hydrogens (tertiary/aromatic N) is 3. The van der Waals surface area contributed by atoms with Crippen LogP contribution in [0.15, 0.2) is 34.6 Å². The van der Waals surface area contributed by atoms with Crippen LogP contribution in [-0.4, -0.2) is 55.5 Å². The number of nitrogens with one attached hydrogen (secondary N) is 2. The summed E-state index contributed by atoms with van der Waals surface area (Å²) in [5.74, 6) is 0.705. The zero-order valence-electron chi connectivity index (χ0n) is 17.9. The van der Waals surface area contributed by atoms with Crippen molar-refractivity contribution in [1.29, 1.82) is 0 Å². The van der Waals surface area contributed by atoms with Crippen LogP contribution in [0.25, 0.3) is 0 Å². The number of rotatable bonds is 9. The summed E-state index contributed by atoms with van der Waals surface area (Å²) in [6.45, 7) is 8.37. The summed E-state index contributed by atoms with van der Waals surface area (Å²) in [7, 11) is 3.66. The number of carbonyl (C=O) groups is 1. The van der Waals surface area contributed by atoms with Gasteiger partial charge < -0.3 is 20.3 Å². The molecule has 2 rings (SSSR count). The van der Waals surface area contributed by atoms with Gasteiger partial charge in [-0.05, 0) is 32.9 Å².